The average Bonchev–Trinajstić information content (AvgIpc) is 3.38. The van der Waals surface area contributed by atoms with E-state index < -0.39 is 0 Å². The van der Waals surface area contributed by atoms with Gasteiger partial charge in [0.2, 0.25) is 0 Å². The number of fused-ring (bicyclic) bond motifs is 1. The number of ether oxygens (including phenoxy) is 2. The molecule has 3 N–H and O–H groups in total. The Morgan fingerprint density at radius 3 is 2.91 bits per heavy atom. The first-order valence-corrected chi connectivity index (χ1v) is 10.4. The van der Waals surface area contributed by atoms with Crippen LogP contribution in [0.5, 0.6) is 0 Å². The van der Waals surface area contributed by atoms with Gasteiger partial charge in [-0.05, 0) is 25.6 Å². The highest BCUT2D eigenvalue weighted by molar-refractivity contribution is 6.11. The van der Waals surface area contributed by atoms with E-state index in [-0.39, 0.29) is 6.10 Å². The number of nitrogens with two attached hydrogens (primary N) is 1. The van der Waals surface area contributed by atoms with E-state index in [0.29, 0.717) is 29.7 Å². The van der Waals surface area contributed by atoms with Crippen molar-refractivity contribution in [1.29, 1.82) is 0 Å². The molecule has 3 aromatic rings. The molecular formula is C22H28N8O2. The Morgan fingerprint density at radius 1 is 1.31 bits per heavy atom. The largest absolute Gasteiger partial charge is 0.485 e. The minimum absolute atomic E-state index is 0.108. The van der Waals surface area contributed by atoms with Gasteiger partial charge in [-0.15, -0.1) is 0 Å². The van der Waals surface area contributed by atoms with Gasteiger partial charge in [-0.1, -0.05) is 0 Å². The van der Waals surface area contributed by atoms with Crippen molar-refractivity contribution in [2.24, 2.45) is 10.7 Å². The van der Waals surface area contributed by atoms with Crippen molar-refractivity contribution in [3.05, 3.63) is 60.0 Å². The summed E-state index contributed by atoms with van der Waals surface area (Å²) < 4.78 is 13.1. The summed E-state index contributed by atoms with van der Waals surface area (Å²) in [6.45, 7) is 2.30. The van der Waals surface area contributed by atoms with Gasteiger partial charge in [0, 0.05) is 57.3 Å². The fourth-order valence-corrected chi connectivity index (χ4v) is 3.75. The van der Waals surface area contributed by atoms with E-state index in [4.69, 9.17) is 15.2 Å². The fraction of sp³-hybridized carbons (Fsp3) is 0.364. The van der Waals surface area contributed by atoms with Crippen molar-refractivity contribution in [1.82, 2.24) is 24.5 Å². The zero-order valence-electron chi connectivity index (χ0n) is 18.5. The van der Waals surface area contributed by atoms with Gasteiger partial charge in [0.25, 0.3) is 0 Å². The molecule has 0 aliphatic carbocycles. The van der Waals surface area contributed by atoms with Gasteiger partial charge in [-0.3, -0.25) is 4.99 Å². The van der Waals surface area contributed by atoms with Crippen LogP contribution in [0.3, 0.4) is 0 Å². The number of rotatable bonds is 8. The Morgan fingerprint density at radius 2 is 2.19 bits per heavy atom. The summed E-state index contributed by atoms with van der Waals surface area (Å²) in [6, 6.07) is 7.72. The molecule has 3 aromatic heterocycles. The van der Waals surface area contributed by atoms with Gasteiger partial charge in [0.05, 0.1) is 17.8 Å². The molecule has 10 heteroatoms. The monoisotopic (exact) mass is 436 g/mol. The molecule has 0 unspecified atom stereocenters. The molecular weight excluding hydrogens is 408 g/mol. The Kier molecular flexibility index (Phi) is 6.62. The number of pyridine rings is 1. The topological polar surface area (TPSA) is 115 Å². The average molecular weight is 437 g/mol. The summed E-state index contributed by atoms with van der Waals surface area (Å²) in [5.74, 6) is 1.90. The minimum atomic E-state index is 0.108. The van der Waals surface area contributed by atoms with Crippen LogP contribution in [-0.4, -0.2) is 70.6 Å². The van der Waals surface area contributed by atoms with Crippen LogP contribution in [0.1, 0.15) is 17.7 Å². The highest BCUT2D eigenvalue weighted by Crippen LogP contribution is 2.21. The molecule has 0 spiro atoms. The maximum absolute atomic E-state index is 6.17. The third kappa shape index (κ3) is 4.87. The maximum atomic E-state index is 6.17. The van der Waals surface area contributed by atoms with Gasteiger partial charge in [-0.25, -0.2) is 14.5 Å². The first kappa shape index (κ1) is 21.7. The Labute approximate surface area is 186 Å². The number of methoxy groups -OCH3 is 1. The number of likely N-dealkylation sites (tertiary alicyclic amines) is 1. The second-order valence-electron chi connectivity index (χ2n) is 7.66. The van der Waals surface area contributed by atoms with E-state index in [1.54, 1.807) is 18.7 Å². The lowest BCUT2D eigenvalue weighted by atomic mass is 10.1. The number of allylic oxidation sites excluding steroid dienone is 1. The normalized spacial score (nSPS) is 17.8. The van der Waals surface area contributed by atoms with E-state index in [1.165, 1.54) is 12.5 Å². The number of hydrogen-bond donors (Lipinski definition) is 2. The van der Waals surface area contributed by atoms with Crippen LogP contribution in [0.4, 0.5) is 11.6 Å². The molecule has 4 rings (SSSR count). The molecule has 10 nitrogen and oxygen atoms in total. The van der Waals surface area contributed by atoms with E-state index >= 15 is 0 Å². The lowest BCUT2D eigenvalue weighted by molar-refractivity contribution is 0.137. The first-order chi connectivity index (χ1) is 15.6. The SMILES string of the molecule is CN=C(/C(=C\N)O[C@H]1CCN(C)C1)c1ccn2nc(Nc3cc(COC)ncn3)cc2c1. The van der Waals surface area contributed by atoms with Crippen LogP contribution in [0.15, 0.2) is 53.7 Å². The quantitative estimate of drug-likeness (QED) is 0.407. The summed E-state index contributed by atoms with van der Waals surface area (Å²) in [4.78, 5) is 15.1. The number of likely N-dealkylation sites (N-methyl/N-ethyl adjacent to an activating group) is 1. The van der Waals surface area contributed by atoms with E-state index in [2.05, 4.69) is 37.3 Å². The van der Waals surface area contributed by atoms with Crippen molar-refractivity contribution in [2.45, 2.75) is 19.1 Å². The standard InChI is InChI=1S/C22H28N8O2/c1-24-22(19(11-23)32-18-5-6-29(2)12-18)15-4-7-30-17(8-15)10-21(28-30)27-20-9-16(13-31-3)25-14-26-20/h4,7-11,14,18H,5-6,12-13,23H2,1-3H3,(H,25,26,27,28)/b19-11+,24-22?/t18-/m0/s1. The van der Waals surface area contributed by atoms with Gasteiger partial charge >= 0.3 is 0 Å². The summed E-state index contributed by atoms with van der Waals surface area (Å²) in [7, 11) is 5.46. The van der Waals surface area contributed by atoms with Crippen molar-refractivity contribution < 1.29 is 9.47 Å². The number of nitrogens with zero attached hydrogens (tertiary/aromatic N) is 6. The van der Waals surface area contributed by atoms with Crippen LogP contribution in [0.25, 0.3) is 5.52 Å². The fourth-order valence-electron chi connectivity index (χ4n) is 3.75. The van der Waals surface area contributed by atoms with Crippen LogP contribution in [0.2, 0.25) is 0 Å². The summed E-state index contributed by atoms with van der Waals surface area (Å²) in [5, 5.41) is 7.78. The number of nitrogens with one attached hydrogen (secondary N) is 1. The zero-order valence-corrected chi connectivity index (χ0v) is 18.5. The Hall–Kier alpha value is -3.50. The van der Waals surface area contributed by atoms with Gasteiger partial charge < -0.3 is 25.4 Å². The van der Waals surface area contributed by atoms with Crippen molar-refractivity contribution >= 4 is 22.9 Å². The number of hydrogen-bond acceptors (Lipinski definition) is 9. The third-order valence-corrected chi connectivity index (χ3v) is 5.26. The lowest BCUT2D eigenvalue weighted by Gasteiger charge is -2.18. The molecule has 0 saturated carbocycles. The Bertz CT molecular complexity index is 1140. The van der Waals surface area contributed by atoms with Crippen LogP contribution < -0.4 is 11.1 Å². The van der Waals surface area contributed by atoms with E-state index in [9.17, 15) is 0 Å². The minimum Gasteiger partial charge on any atom is -0.485 e. The van der Waals surface area contributed by atoms with Crippen molar-refractivity contribution in [2.75, 3.05) is 39.6 Å². The zero-order chi connectivity index (χ0) is 22.5. The van der Waals surface area contributed by atoms with Crippen LogP contribution >= 0.6 is 0 Å². The molecule has 0 radical (unpaired) electrons. The van der Waals surface area contributed by atoms with Gasteiger partial charge in [0.1, 0.15) is 24.0 Å². The highest BCUT2D eigenvalue weighted by Gasteiger charge is 2.23. The second kappa shape index (κ2) is 9.75. The van der Waals surface area contributed by atoms with E-state index in [1.807, 2.05) is 30.5 Å². The molecule has 0 aromatic carbocycles. The molecule has 0 bridgehead atoms. The summed E-state index contributed by atoms with van der Waals surface area (Å²) in [5.41, 5.74) is 9.20. The molecule has 1 fully saturated rings. The first-order valence-electron chi connectivity index (χ1n) is 10.4. The molecule has 1 saturated heterocycles. The molecule has 32 heavy (non-hydrogen) atoms. The van der Waals surface area contributed by atoms with Gasteiger partial charge in [0.15, 0.2) is 11.6 Å². The molecule has 1 atom stereocenters. The number of aliphatic imine (C=N–C) groups is 1. The predicted octanol–water partition coefficient (Wildman–Crippen LogP) is 1.95. The van der Waals surface area contributed by atoms with Crippen molar-refractivity contribution in [3.8, 4) is 0 Å². The molecule has 0 amide bonds. The molecule has 1 aliphatic heterocycles. The van der Waals surface area contributed by atoms with Gasteiger partial charge in [-0.2, -0.15) is 5.10 Å². The second-order valence-corrected chi connectivity index (χ2v) is 7.66. The van der Waals surface area contributed by atoms with Crippen LogP contribution in [0, 0.1) is 0 Å². The Balaban J connectivity index is 1.54. The molecule has 1 aliphatic rings. The summed E-state index contributed by atoms with van der Waals surface area (Å²) in [6.07, 6.45) is 5.95. The van der Waals surface area contributed by atoms with E-state index in [0.717, 1.165) is 36.3 Å². The smallest absolute Gasteiger partial charge is 0.160 e. The molecule has 168 valence electrons. The third-order valence-electron chi connectivity index (χ3n) is 5.26. The van der Waals surface area contributed by atoms with Crippen molar-refractivity contribution in [3.63, 3.8) is 0 Å². The number of aromatic nitrogens is 4. The highest BCUT2D eigenvalue weighted by atomic mass is 16.5. The predicted molar refractivity (Wildman–Crippen MR) is 123 cm³/mol. The lowest BCUT2D eigenvalue weighted by Crippen LogP contribution is -2.22. The molecule has 4 heterocycles. The van der Waals surface area contributed by atoms with Crippen LogP contribution in [-0.2, 0) is 16.1 Å². The maximum Gasteiger partial charge on any atom is 0.160 e. The summed E-state index contributed by atoms with van der Waals surface area (Å²) >= 11 is 0. The number of anilines is 2.